The van der Waals surface area contributed by atoms with Gasteiger partial charge in [-0.1, -0.05) is 0 Å². The number of aliphatic imine (C=N–C) groups is 1. The minimum atomic E-state index is -0.150. The summed E-state index contributed by atoms with van der Waals surface area (Å²) >= 11 is 0. The van der Waals surface area contributed by atoms with Crippen molar-refractivity contribution in [3.8, 4) is 0 Å². The molecule has 1 aliphatic heterocycles. The van der Waals surface area contributed by atoms with Crippen molar-refractivity contribution in [2.45, 2.75) is 13.8 Å². The SMILES string of the molecule is CCNC(=NCCNC(=O)c1cccnc1)N1CCN(C(C)=O)CC1.I. The van der Waals surface area contributed by atoms with Crippen LogP contribution >= 0.6 is 24.0 Å². The number of aromatic nitrogens is 1. The lowest BCUT2D eigenvalue weighted by atomic mass is 10.3. The van der Waals surface area contributed by atoms with Crippen molar-refractivity contribution in [2.75, 3.05) is 45.8 Å². The van der Waals surface area contributed by atoms with E-state index in [-0.39, 0.29) is 35.8 Å². The predicted molar refractivity (Wildman–Crippen MR) is 112 cm³/mol. The Balaban J connectivity index is 0.00000338. The first kappa shape index (κ1) is 22.1. The van der Waals surface area contributed by atoms with Crippen molar-refractivity contribution in [3.05, 3.63) is 30.1 Å². The first-order valence-corrected chi connectivity index (χ1v) is 8.58. The minimum absolute atomic E-state index is 0. The Hall–Kier alpha value is -1.91. The molecular weight excluding hydrogens is 447 g/mol. The molecule has 0 bridgehead atoms. The van der Waals surface area contributed by atoms with Crippen LogP contribution in [0.15, 0.2) is 29.5 Å². The smallest absolute Gasteiger partial charge is 0.252 e. The topological polar surface area (TPSA) is 89.9 Å². The van der Waals surface area contributed by atoms with Crippen molar-refractivity contribution >= 4 is 41.8 Å². The van der Waals surface area contributed by atoms with E-state index in [1.165, 1.54) is 6.20 Å². The summed E-state index contributed by atoms with van der Waals surface area (Å²) < 4.78 is 0. The van der Waals surface area contributed by atoms with E-state index in [2.05, 4.69) is 25.5 Å². The van der Waals surface area contributed by atoms with Crippen LogP contribution in [-0.2, 0) is 4.79 Å². The number of amides is 2. The Bertz CT molecular complexity index is 603. The largest absolute Gasteiger partial charge is 0.357 e. The Kier molecular flexibility index (Phi) is 9.92. The highest BCUT2D eigenvalue weighted by Gasteiger charge is 2.20. The number of hydrogen-bond donors (Lipinski definition) is 2. The van der Waals surface area contributed by atoms with Gasteiger partial charge in [0.1, 0.15) is 0 Å². The molecule has 144 valence electrons. The number of nitrogens with zero attached hydrogens (tertiary/aromatic N) is 4. The molecule has 0 atom stereocenters. The van der Waals surface area contributed by atoms with E-state index < -0.39 is 0 Å². The Morgan fingerprint density at radius 2 is 1.88 bits per heavy atom. The number of hydrogen-bond acceptors (Lipinski definition) is 4. The van der Waals surface area contributed by atoms with Gasteiger partial charge in [0.15, 0.2) is 5.96 Å². The van der Waals surface area contributed by atoms with Crippen LogP contribution in [0.25, 0.3) is 0 Å². The number of pyridine rings is 1. The zero-order chi connectivity index (χ0) is 18.1. The van der Waals surface area contributed by atoms with Gasteiger partial charge in [-0.2, -0.15) is 0 Å². The van der Waals surface area contributed by atoms with Gasteiger partial charge < -0.3 is 20.4 Å². The lowest BCUT2D eigenvalue weighted by Gasteiger charge is -2.36. The Morgan fingerprint density at radius 3 is 2.46 bits per heavy atom. The van der Waals surface area contributed by atoms with Gasteiger partial charge in [0.05, 0.1) is 12.1 Å². The van der Waals surface area contributed by atoms with Crippen molar-refractivity contribution in [1.29, 1.82) is 0 Å². The van der Waals surface area contributed by atoms with Crippen molar-refractivity contribution in [1.82, 2.24) is 25.4 Å². The zero-order valence-electron chi connectivity index (χ0n) is 15.3. The van der Waals surface area contributed by atoms with Crippen molar-refractivity contribution in [2.24, 2.45) is 4.99 Å². The molecule has 1 saturated heterocycles. The molecule has 9 heteroatoms. The van der Waals surface area contributed by atoms with Gasteiger partial charge in [0, 0.05) is 58.6 Å². The molecule has 0 radical (unpaired) electrons. The van der Waals surface area contributed by atoms with E-state index in [0.29, 0.717) is 31.7 Å². The van der Waals surface area contributed by atoms with E-state index >= 15 is 0 Å². The molecule has 0 saturated carbocycles. The molecule has 1 aliphatic rings. The maximum Gasteiger partial charge on any atom is 0.252 e. The first-order valence-electron chi connectivity index (χ1n) is 8.58. The molecule has 2 heterocycles. The zero-order valence-corrected chi connectivity index (χ0v) is 17.6. The second-order valence-electron chi connectivity index (χ2n) is 5.73. The number of halogens is 1. The molecule has 8 nitrogen and oxygen atoms in total. The third-order valence-electron chi connectivity index (χ3n) is 3.94. The summed E-state index contributed by atoms with van der Waals surface area (Å²) in [5, 5.41) is 6.10. The van der Waals surface area contributed by atoms with Gasteiger partial charge >= 0.3 is 0 Å². The molecule has 0 aliphatic carbocycles. The van der Waals surface area contributed by atoms with E-state index in [4.69, 9.17) is 0 Å². The molecule has 2 amide bonds. The molecule has 1 aromatic rings. The average molecular weight is 474 g/mol. The fraction of sp³-hybridized carbons (Fsp3) is 0.529. The quantitative estimate of drug-likeness (QED) is 0.282. The molecule has 2 N–H and O–H groups in total. The maximum absolute atomic E-state index is 12.0. The summed E-state index contributed by atoms with van der Waals surface area (Å²) in [5.41, 5.74) is 0.541. The van der Waals surface area contributed by atoms with Gasteiger partial charge in [-0.25, -0.2) is 0 Å². The fourth-order valence-corrected chi connectivity index (χ4v) is 2.59. The molecule has 0 spiro atoms. The third kappa shape index (κ3) is 6.77. The summed E-state index contributed by atoms with van der Waals surface area (Å²) in [6.07, 6.45) is 3.17. The van der Waals surface area contributed by atoms with Gasteiger partial charge in [-0.15, -0.1) is 24.0 Å². The number of rotatable bonds is 5. The summed E-state index contributed by atoms with van der Waals surface area (Å²) in [6.45, 7) is 8.26. The summed E-state index contributed by atoms with van der Waals surface area (Å²) in [6, 6.07) is 3.46. The number of nitrogens with one attached hydrogen (secondary N) is 2. The summed E-state index contributed by atoms with van der Waals surface area (Å²) in [7, 11) is 0. The second-order valence-corrected chi connectivity index (χ2v) is 5.73. The summed E-state index contributed by atoms with van der Waals surface area (Å²) in [4.78, 5) is 35.9. The highest BCUT2D eigenvalue weighted by Crippen LogP contribution is 2.02. The molecule has 1 fully saturated rings. The molecule has 0 aromatic carbocycles. The number of piperazine rings is 1. The second kappa shape index (κ2) is 11.7. The Labute approximate surface area is 171 Å². The van der Waals surface area contributed by atoms with Gasteiger partial charge in [-0.3, -0.25) is 19.6 Å². The lowest BCUT2D eigenvalue weighted by molar-refractivity contribution is -0.130. The van der Waals surface area contributed by atoms with E-state index in [1.807, 2.05) is 11.8 Å². The maximum atomic E-state index is 12.0. The molecule has 26 heavy (non-hydrogen) atoms. The highest BCUT2D eigenvalue weighted by molar-refractivity contribution is 14.0. The van der Waals surface area contributed by atoms with Crippen LogP contribution in [0.1, 0.15) is 24.2 Å². The van der Waals surface area contributed by atoms with Gasteiger partial charge in [-0.05, 0) is 19.1 Å². The fourth-order valence-electron chi connectivity index (χ4n) is 2.59. The standard InChI is InChI=1S/C17H26N6O2.HI/c1-3-19-17(23-11-9-22(10-12-23)14(2)24)21-8-7-20-16(25)15-5-4-6-18-13-15;/h4-6,13H,3,7-12H2,1-2H3,(H,19,21)(H,20,25);1H. The van der Waals surface area contributed by atoms with Crippen molar-refractivity contribution in [3.63, 3.8) is 0 Å². The molecule has 2 rings (SSSR count). The van der Waals surface area contributed by atoms with E-state index in [9.17, 15) is 9.59 Å². The van der Waals surface area contributed by atoms with Crippen molar-refractivity contribution < 1.29 is 9.59 Å². The first-order chi connectivity index (χ1) is 12.1. The number of carbonyl (C=O) groups excluding carboxylic acids is 2. The van der Waals surface area contributed by atoms with Crippen LogP contribution in [0.5, 0.6) is 0 Å². The average Bonchev–Trinajstić information content (AvgIpc) is 2.65. The van der Waals surface area contributed by atoms with Crippen LogP contribution in [-0.4, -0.2) is 78.4 Å². The van der Waals surface area contributed by atoms with Gasteiger partial charge in [0.2, 0.25) is 5.91 Å². The van der Waals surface area contributed by atoms with Crippen LogP contribution < -0.4 is 10.6 Å². The molecule has 1 aromatic heterocycles. The Morgan fingerprint density at radius 1 is 1.19 bits per heavy atom. The number of guanidine groups is 1. The number of carbonyl (C=O) groups is 2. The molecule has 0 unspecified atom stereocenters. The molecular formula is C17H27IN6O2. The van der Waals surface area contributed by atoms with Crippen LogP contribution in [0.2, 0.25) is 0 Å². The normalized spacial score (nSPS) is 14.5. The van der Waals surface area contributed by atoms with Gasteiger partial charge in [0.25, 0.3) is 5.91 Å². The summed E-state index contributed by atoms with van der Waals surface area (Å²) in [5.74, 6) is 0.782. The highest BCUT2D eigenvalue weighted by atomic mass is 127. The van der Waals surface area contributed by atoms with Crippen LogP contribution in [0, 0.1) is 0 Å². The monoisotopic (exact) mass is 474 g/mol. The van der Waals surface area contributed by atoms with E-state index in [1.54, 1.807) is 25.3 Å². The third-order valence-corrected chi connectivity index (χ3v) is 3.94. The van der Waals surface area contributed by atoms with Crippen LogP contribution in [0.3, 0.4) is 0 Å². The lowest BCUT2D eigenvalue weighted by Crippen LogP contribution is -2.53. The van der Waals surface area contributed by atoms with E-state index in [0.717, 1.165) is 25.6 Å². The van der Waals surface area contributed by atoms with Crippen LogP contribution in [0.4, 0.5) is 0 Å². The minimum Gasteiger partial charge on any atom is -0.357 e. The predicted octanol–water partition coefficient (Wildman–Crippen LogP) is 0.559.